The molecule has 0 aliphatic carbocycles. The maximum absolute atomic E-state index is 11.7. The summed E-state index contributed by atoms with van der Waals surface area (Å²) in [6, 6.07) is 14.5. The Morgan fingerprint density at radius 3 is 2.30 bits per heavy atom. The van der Waals surface area contributed by atoms with E-state index in [1.54, 1.807) is 24.4 Å². The number of aromatic nitrogens is 2. The minimum atomic E-state index is -0.648. The van der Waals surface area contributed by atoms with Crippen molar-refractivity contribution in [3.8, 4) is 5.69 Å². The Labute approximate surface area is 142 Å². The molecule has 0 radical (unpaired) electrons. The summed E-state index contributed by atoms with van der Waals surface area (Å²) in [6.45, 7) is 0. The van der Waals surface area contributed by atoms with Crippen LogP contribution in [0.4, 0.5) is 11.4 Å². The van der Waals surface area contributed by atoms with Gasteiger partial charge in [0.25, 0.3) is 5.91 Å². The Morgan fingerprint density at radius 2 is 1.70 bits per heavy atom. The second-order valence-electron chi connectivity index (χ2n) is 4.76. The van der Waals surface area contributed by atoms with Crippen LogP contribution < -0.4 is 11.1 Å². The lowest BCUT2D eigenvalue weighted by Crippen LogP contribution is -2.14. The van der Waals surface area contributed by atoms with Crippen LogP contribution in [0.3, 0.4) is 0 Å². The number of para-hydroxylation sites is 2. The van der Waals surface area contributed by atoms with Gasteiger partial charge in [0.05, 0.1) is 21.9 Å². The fourth-order valence-electron chi connectivity index (χ4n) is 2.15. The van der Waals surface area contributed by atoms with Gasteiger partial charge in [-0.25, -0.2) is 4.68 Å². The van der Waals surface area contributed by atoms with E-state index < -0.39 is 5.91 Å². The number of primary amides is 1. The lowest BCUT2D eigenvalue weighted by Gasteiger charge is -2.06. The first-order chi connectivity index (χ1) is 11.1. The summed E-state index contributed by atoms with van der Waals surface area (Å²) in [6.07, 6.45) is 1.63. The predicted octanol–water partition coefficient (Wildman–Crippen LogP) is 4.02. The zero-order valence-electron chi connectivity index (χ0n) is 11.8. The second kappa shape index (κ2) is 6.32. The lowest BCUT2D eigenvalue weighted by atomic mass is 10.3. The zero-order valence-corrected chi connectivity index (χ0v) is 13.3. The smallest absolute Gasteiger partial charge is 0.271 e. The Hall–Kier alpha value is -2.50. The van der Waals surface area contributed by atoms with Crippen LogP contribution in [0.5, 0.6) is 0 Å². The molecule has 0 saturated carbocycles. The van der Waals surface area contributed by atoms with E-state index in [2.05, 4.69) is 10.4 Å². The lowest BCUT2D eigenvalue weighted by molar-refractivity contribution is 0.0996. The maximum atomic E-state index is 11.7. The summed E-state index contributed by atoms with van der Waals surface area (Å²) in [5.74, 6) is -0.648. The number of halogens is 2. The number of rotatable bonds is 4. The van der Waals surface area contributed by atoms with Crippen molar-refractivity contribution in [3.05, 3.63) is 70.5 Å². The molecule has 0 saturated heterocycles. The van der Waals surface area contributed by atoms with Gasteiger partial charge in [0.1, 0.15) is 5.69 Å². The average molecular weight is 347 g/mol. The van der Waals surface area contributed by atoms with Crippen molar-refractivity contribution in [2.75, 3.05) is 5.32 Å². The van der Waals surface area contributed by atoms with Gasteiger partial charge >= 0.3 is 0 Å². The number of carbonyl (C=O) groups is 1. The molecule has 0 bridgehead atoms. The average Bonchev–Trinajstić information content (AvgIpc) is 2.92. The minimum absolute atomic E-state index is 0.102. The van der Waals surface area contributed by atoms with Crippen molar-refractivity contribution in [1.82, 2.24) is 9.78 Å². The van der Waals surface area contributed by atoms with Crippen LogP contribution in [-0.2, 0) is 0 Å². The van der Waals surface area contributed by atoms with Crippen molar-refractivity contribution < 1.29 is 4.79 Å². The van der Waals surface area contributed by atoms with E-state index in [9.17, 15) is 4.79 Å². The first-order valence-corrected chi connectivity index (χ1v) is 7.48. The second-order valence-corrected chi connectivity index (χ2v) is 5.58. The largest absolute Gasteiger partial charge is 0.364 e. The third-order valence-corrected chi connectivity index (χ3v) is 3.78. The fraction of sp³-hybridized carbons (Fsp3) is 0. The van der Waals surface area contributed by atoms with Gasteiger partial charge < -0.3 is 11.1 Å². The Balaban J connectivity index is 2.08. The normalized spacial score (nSPS) is 10.5. The number of carbonyl (C=O) groups excluding carboxylic acids is 1. The van der Waals surface area contributed by atoms with Crippen LogP contribution in [0, 0.1) is 0 Å². The van der Waals surface area contributed by atoms with Gasteiger partial charge in [0, 0.05) is 5.69 Å². The summed E-state index contributed by atoms with van der Waals surface area (Å²) in [5.41, 5.74) is 7.28. The molecule has 0 spiro atoms. The summed E-state index contributed by atoms with van der Waals surface area (Å²) < 4.78 is 1.44. The zero-order chi connectivity index (χ0) is 16.4. The molecule has 5 nitrogen and oxygen atoms in total. The highest BCUT2D eigenvalue weighted by Crippen LogP contribution is 2.30. The topological polar surface area (TPSA) is 72.9 Å². The molecule has 1 aromatic heterocycles. The van der Waals surface area contributed by atoms with Crippen molar-refractivity contribution in [2.24, 2.45) is 5.73 Å². The van der Waals surface area contributed by atoms with Gasteiger partial charge in [0.2, 0.25) is 0 Å². The summed E-state index contributed by atoms with van der Waals surface area (Å²) >= 11 is 12.4. The summed E-state index contributed by atoms with van der Waals surface area (Å²) in [5, 5.41) is 8.16. The van der Waals surface area contributed by atoms with Gasteiger partial charge in [-0.1, -0.05) is 47.5 Å². The van der Waals surface area contributed by atoms with Crippen LogP contribution in [0.2, 0.25) is 10.0 Å². The molecule has 0 fully saturated rings. The standard InChI is InChI=1S/C16H12Cl2N4O/c17-11-7-4-8-12(18)15(11)22-9-13(14(21-22)16(19)23)20-10-5-2-1-3-6-10/h1-9,20H,(H2,19,23). The Morgan fingerprint density at radius 1 is 1.04 bits per heavy atom. The van der Waals surface area contributed by atoms with Gasteiger partial charge in [0.15, 0.2) is 5.69 Å². The van der Waals surface area contributed by atoms with Gasteiger partial charge in [-0.15, -0.1) is 0 Å². The highest BCUT2D eigenvalue weighted by molar-refractivity contribution is 6.37. The van der Waals surface area contributed by atoms with Crippen LogP contribution in [-0.4, -0.2) is 15.7 Å². The van der Waals surface area contributed by atoms with E-state index in [1.807, 2.05) is 30.3 Å². The van der Waals surface area contributed by atoms with Crippen molar-refractivity contribution in [2.45, 2.75) is 0 Å². The molecule has 3 rings (SSSR count). The summed E-state index contributed by atoms with van der Waals surface area (Å²) in [7, 11) is 0. The highest BCUT2D eigenvalue weighted by atomic mass is 35.5. The number of nitrogens with zero attached hydrogens (tertiary/aromatic N) is 2. The first-order valence-electron chi connectivity index (χ1n) is 6.72. The molecule has 0 unspecified atom stereocenters. The first kappa shape index (κ1) is 15.4. The molecule has 0 aliphatic rings. The minimum Gasteiger partial charge on any atom is -0.364 e. The predicted molar refractivity (Wildman–Crippen MR) is 91.8 cm³/mol. The number of nitrogens with one attached hydrogen (secondary N) is 1. The SMILES string of the molecule is NC(=O)c1nn(-c2c(Cl)cccc2Cl)cc1Nc1ccccc1. The number of hydrogen-bond acceptors (Lipinski definition) is 3. The van der Waals surface area contributed by atoms with E-state index >= 15 is 0 Å². The molecule has 1 heterocycles. The Bertz CT molecular complexity index is 842. The maximum Gasteiger partial charge on any atom is 0.271 e. The molecule has 2 aromatic carbocycles. The van der Waals surface area contributed by atoms with E-state index in [4.69, 9.17) is 28.9 Å². The van der Waals surface area contributed by atoms with Crippen LogP contribution in [0.15, 0.2) is 54.7 Å². The number of benzene rings is 2. The van der Waals surface area contributed by atoms with Crippen molar-refractivity contribution >= 4 is 40.5 Å². The molecule has 1 amide bonds. The molecule has 116 valence electrons. The van der Waals surface area contributed by atoms with Crippen LogP contribution in [0.25, 0.3) is 5.69 Å². The molecule has 3 aromatic rings. The van der Waals surface area contributed by atoms with E-state index in [0.717, 1.165) is 5.69 Å². The third-order valence-electron chi connectivity index (χ3n) is 3.17. The van der Waals surface area contributed by atoms with Gasteiger partial charge in [-0.2, -0.15) is 5.10 Å². The fourth-order valence-corrected chi connectivity index (χ4v) is 2.72. The number of nitrogens with two attached hydrogens (primary N) is 1. The molecule has 23 heavy (non-hydrogen) atoms. The highest BCUT2D eigenvalue weighted by Gasteiger charge is 2.17. The van der Waals surface area contributed by atoms with Gasteiger partial charge in [-0.05, 0) is 24.3 Å². The van der Waals surface area contributed by atoms with E-state index in [0.29, 0.717) is 21.4 Å². The summed E-state index contributed by atoms with van der Waals surface area (Å²) in [4.78, 5) is 11.7. The van der Waals surface area contributed by atoms with Crippen molar-refractivity contribution in [1.29, 1.82) is 0 Å². The molecule has 0 aliphatic heterocycles. The van der Waals surface area contributed by atoms with Crippen LogP contribution >= 0.6 is 23.2 Å². The molecule has 7 heteroatoms. The third kappa shape index (κ3) is 3.16. The van der Waals surface area contributed by atoms with Crippen molar-refractivity contribution in [3.63, 3.8) is 0 Å². The molecular formula is C16H12Cl2N4O. The molecule has 0 atom stereocenters. The monoisotopic (exact) mass is 346 g/mol. The number of hydrogen-bond donors (Lipinski definition) is 2. The van der Waals surface area contributed by atoms with E-state index in [-0.39, 0.29) is 5.69 Å². The number of amides is 1. The quantitative estimate of drug-likeness (QED) is 0.749. The molecular weight excluding hydrogens is 335 g/mol. The van der Waals surface area contributed by atoms with E-state index in [1.165, 1.54) is 4.68 Å². The Kier molecular flexibility index (Phi) is 4.23. The molecule has 3 N–H and O–H groups in total. The van der Waals surface area contributed by atoms with Crippen LogP contribution in [0.1, 0.15) is 10.5 Å². The van der Waals surface area contributed by atoms with Gasteiger partial charge in [-0.3, -0.25) is 4.79 Å². The number of anilines is 2.